The summed E-state index contributed by atoms with van der Waals surface area (Å²) in [6, 6.07) is 9.30. The van der Waals surface area contributed by atoms with E-state index in [0.717, 1.165) is 0 Å². The van der Waals surface area contributed by atoms with Crippen LogP contribution in [-0.4, -0.2) is 45.3 Å². The topological polar surface area (TPSA) is 84.8 Å². The molecular formula is C26H23F2N5O2. The summed E-state index contributed by atoms with van der Waals surface area (Å²) in [5.74, 6) is 4.78. The molecule has 4 aromatic rings. The number of amides is 1. The first-order valence-corrected chi connectivity index (χ1v) is 11.2. The maximum atomic E-state index is 15.5. The number of ether oxygens (including phenoxy) is 1. The SMILES string of the molecule is COCC#Cc1cc(C)nc(C(=O)NC(c2ncn3c2C[C@@H](F)C3)c2[nH]c3ccccc3c2F)c1. The average molecular weight is 475 g/mol. The zero-order valence-electron chi connectivity index (χ0n) is 19.2. The molecule has 1 aliphatic heterocycles. The number of hydrogen-bond acceptors (Lipinski definition) is 4. The minimum Gasteiger partial charge on any atom is -0.372 e. The molecule has 2 atom stereocenters. The highest BCUT2D eigenvalue weighted by molar-refractivity contribution is 5.93. The van der Waals surface area contributed by atoms with Crippen molar-refractivity contribution in [1.29, 1.82) is 0 Å². The van der Waals surface area contributed by atoms with Gasteiger partial charge in [-0.25, -0.2) is 18.7 Å². The molecule has 1 amide bonds. The Kier molecular flexibility index (Phi) is 6.05. The van der Waals surface area contributed by atoms with Crippen LogP contribution in [0.4, 0.5) is 8.78 Å². The standard InChI is InChI=1S/C26H23F2N5O2/c1-15-10-16(6-5-9-35-2)11-20(30-15)26(34)32-25(23-21-12-17(27)13-33(21)14-29-23)24-22(28)18-7-3-4-8-19(18)31-24/h3-4,7-8,10-11,14,17,25,31H,9,12-13H2,1-2H3,(H,32,34)/t17-,25?/m1/s1. The highest BCUT2D eigenvalue weighted by Gasteiger charge is 2.33. The number of H-pyrrole nitrogens is 1. The molecule has 9 heteroatoms. The summed E-state index contributed by atoms with van der Waals surface area (Å²) in [5.41, 5.74) is 3.11. The van der Waals surface area contributed by atoms with Gasteiger partial charge in [-0.2, -0.15) is 0 Å². The minimum atomic E-state index is -1.05. The normalized spacial score (nSPS) is 15.5. The number of carbonyl (C=O) groups is 1. The number of hydrogen-bond donors (Lipinski definition) is 2. The average Bonchev–Trinajstić information content (AvgIpc) is 3.50. The van der Waals surface area contributed by atoms with Gasteiger partial charge in [-0.15, -0.1) is 0 Å². The van der Waals surface area contributed by atoms with Gasteiger partial charge in [0.15, 0.2) is 5.82 Å². The van der Waals surface area contributed by atoms with E-state index < -0.39 is 23.9 Å². The van der Waals surface area contributed by atoms with E-state index in [-0.39, 0.29) is 31.0 Å². The van der Waals surface area contributed by atoms with Crippen LogP contribution in [0.2, 0.25) is 0 Å². The number of imidazole rings is 1. The summed E-state index contributed by atoms with van der Waals surface area (Å²) < 4.78 is 36.3. The number of pyridine rings is 1. The van der Waals surface area contributed by atoms with E-state index in [0.29, 0.717) is 33.5 Å². The minimum absolute atomic E-state index is 0.132. The molecule has 7 nitrogen and oxygen atoms in total. The Morgan fingerprint density at radius 3 is 3.00 bits per heavy atom. The molecule has 1 unspecified atom stereocenters. The van der Waals surface area contributed by atoms with Crippen molar-refractivity contribution in [3.8, 4) is 11.8 Å². The van der Waals surface area contributed by atoms with Gasteiger partial charge < -0.3 is 19.6 Å². The van der Waals surface area contributed by atoms with Crippen molar-refractivity contribution in [2.24, 2.45) is 0 Å². The van der Waals surface area contributed by atoms with Gasteiger partial charge in [0, 0.05) is 41.4 Å². The Bertz CT molecular complexity index is 1480. The Hall–Kier alpha value is -4.03. The van der Waals surface area contributed by atoms with E-state index in [1.165, 1.54) is 6.33 Å². The number of aromatic nitrogens is 4. The molecule has 1 aromatic carbocycles. The lowest BCUT2D eigenvalue weighted by atomic mass is 10.0. The van der Waals surface area contributed by atoms with Crippen LogP contribution in [-0.2, 0) is 17.7 Å². The van der Waals surface area contributed by atoms with Gasteiger partial charge in [-0.3, -0.25) is 4.79 Å². The van der Waals surface area contributed by atoms with Crippen molar-refractivity contribution in [2.45, 2.75) is 32.1 Å². The number of alkyl halides is 1. The molecule has 0 aliphatic carbocycles. The maximum Gasteiger partial charge on any atom is 0.270 e. The van der Waals surface area contributed by atoms with Crippen molar-refractivity contribution < 1.29 is 18.3 Å². The number of fused-ring (bicyclic) bond motifs is 2. The summed E-state index contributed by atoms with van der Waals surface area (Å²) >= 11 is 0. The molecule has 2 N–H and O–H groups in total. The molecule has 0 radical (unpaired) electrons. The van der Waals surface area contributed by atoms with E-state index in [1.54, 1.807) is 55.0 Å². The van der Waals surface area contributed by atoms with Crippen LogP contribution >= 0.6 is 0 Å². The maximum absolute atomic E-state index is 15.5. The summed E-state index contributed by atoms with van der Waals surface area (Å²) in [6.07, 6.45) is 0.617. The van der Waals surface area contributed by atoms with Crippen molar-refractivity contribution in [3.05, 3.63) is 82.6 Å². The second-order valence-corrected chi connectivity index (χ2v) is 8.45. The third kappa shape index (κ3) is 4.40. The fraction of sp³-hybridized carbons (Fsp3) is 0.269. The second-order valence-electron chi connectivity index (χ2n) is 8.45. The lowest BCUT2D eigenvalue weighted by molar-refractivity contribution is 0.0936. The molecule has 0 saturated carbocycles. The summed E-state index contributed by atoms with van der Waals surface area (Å²) in [4.78, 5) is 25.2. The highest BCUT2D eigenvalue weighted by Crippen LogP contribution is 2.33. The Balaban J connectivity index is 1.55. The number of carbonyl (C=O) groups excluding carboxylic acids is 1. The van der Waals surface area contributed by atoms with Crippen molar-refractivity contribution >= 4 is 16.8 Å². The summed E-state index contributed by atoms with van der Waals surface area (Å²) in [7, 11) is 1.55. The fourth-order valence-corrected chi connectivity index (χ4v) is 4.41. The number of methoxy groups -OCH3 is 1. The number of benzene rings is 1. The van der Waals surface area contributed by atoms with Crippen LogP contribution in [0.25, 0.3) is 10.9 Å². The van der Waals surface area contributed by atoms with E-state index >= 15 is 4.39 Å². The molecule has 0 fully saturated rings. The summed E-state index contributed by atoms with van der Waals surface area (Å²) in [6.45, 7) is 2.20. The Labute approximate surface area is 200 Å². The Morgan fingerprint density at radius 1 is 1.37 bits per heavy atom. The molecule has 0 saturated heterocycles. The van der Waals surface area contributed by atoms with Gasteiger partial charge >= 0.3 is 0 Å². The van der Waals surface area contributed by atoms with Crippen LogP contribution in [0.3, 0.4) is 0 Å². The largest absolute Gasteiger partial charge is 0.372 e. The van der Waals surface area contributed by atoms with Gasteiger partial charge in [0.25, 0.3) is 5.91 Å². The third-order valence-corrected chi connectivity index (χ3v) is 5.93. The third-order valence-electron chi connectivity index (χ3n) is 5.93. The van der Waals surface area contributed by atoms with Crippen LogP contribution in [0.1, 0.15) is 44.9 Å². The number of nitrogens with zero attached hydrogens (tertiary/aromatic N) is 3. The fourth-order valence-electron chi connectivity index (χ4n) is 4.41. The quantitative estimate of drug-likeness (QED) is 0.432. The number of aromatic amines is 1. The number of halogens is 2. The molecule has 3 aromatic heterocycles. The summed E-state index contributed by atoms with van der Waals surface area (Å²) in [5, 5.41) is 3.27. The van der Waals surface area contributed by atoms with Crippen molar-refractivity contribution in [3.63, 3.8) is 0 Å². The molecule has 5 rings (SSSR count). The van der Waals surface area contributed by atoms with Gasteiger partial charge in [0.05, 0.1) is 24.3 Å². The molecule has 0 spiro atoms. The van der Waals surface area contributed by atoms with E-state index in [2.05, 4.69) is 32.1 Å². The smallest absolute Gasteiger partial charge is 0.270 e. The molecule has 0 bridgehead atoms. The number of rotatable bonds is 5. The molecular weight excluding hydrogens is 452 g/mol. The van der Waals surface area contributed by atoms with E-state index in [9.17, 15) is 9.18 Å². The second kappa shape index (κ2) is 9.31. The van der Waals surface area contributed by atoms with Gasteiger partial charge in [-0.05, 0) is 31.2 Å². The molecule has 35 heavy (non-hydrogen) atoms. The first-order chi connectivity index (χ1) is 16.9. The van der Waals surface area contributed by atoms with Gasteiger partial charge in [0.1, 0.15) is 24.5 Å². The highest BCUT2D eigenvalue weighted by atomic mass is 19.1. The van der Waals surface area contributed by atoms with Crippen molar-refractivity contribution in [2.75, 3.05) is 13.7 Å². The molecule has 178 valence electrons. The van der Waals surface area contributed by atoms with Gasteiger partial charge in [-0.1, -0.05) is 24.0 Å². The first-order valence-electron chi connectivity index (χ1n) is 11.2. The molecule has 4 heterocycles. The van der Waals surface area contributed by atoms with Crippen LogP contribution in [0.5, 0.6) is 0 Å². The van der Waals surface area contributed by atoms with Crippen LogP contribution < -0.4 is 5.32 Å². The van der Waals surface area contributed by atoms with Gasteiger partial charge in [0.2, 0.25) is 0 Å². The van der Waals surface area contributed by atoms with E-state index in [4.69, 9.17) is 4.74 Å². The lowest BCUT2D eigenvalue weighted by Gasteiger charge is -2.18. The lowest BCUT2D eigenvalue weighted by Crippen LogP contribution is -2.32. The number of aryl methyl sites for hydroxylation is 1. The predicted octanol–water partition coefficient (Wildman–Crippen LogP) is 3.62. The van der Waals surface area contributed by atoms with Crippen molar-refractivity contribution in [1.82, 2.24) is 24.8 Å². The zero-order chi connectivity index (χ0) is 24.5. The Morgan fingerprint density at radius 2 is 2.20 bits per heavy atom. The predicted molar refractivity (Wildman–Crippen MR) is 126 cm³/mol. The number of para-hydroxylation sites is 1. The van der Waals surface area contributed by atoms with E-state index in [1.807, 2.05) is 0 Å². The number of nitrogens with one attached hydrogen (secondary N) is 2. The first kappa shape index (κ1) is 22.7. The molecule has 1 aliphatic rings. The van der Waals surface area contributed by atoms with Crippen LogP contribution in [0, 0.1) is 24.6 Å². The monoisotopic (exact) mass is 475 g/mol. The van der Waals surface area contributed by atoms with Crippen LogP contribution in [0.15, 0.2) is 42.7 Å². The zero-order valence-corrected chi connectivity index (χ0v) is 19.2.